The van der Waals surface area contributed by atoms with Gasteiger partial charge in [-0.05, 0) is 13.3 Å². The molecule has 1 heterocycles. The van der Waals surface area contributed by atoms with Crippen molar-refractivity contribution in [3.05, 3.63) is 18.2 Å². The summed E-state index contributed by atoms with van der Waals surface area (Å²) in [4.78, 5) is 29.0. The zero-order chi connectivity index (χ0) is 14.0. The van der Waals surface area contributed by atoms with E-state index in [1.807, 2.05) is 0 Å². The van der Waals surface area contributed by atoms with Gasteiger partial charge in [-0.15, -0.1) is 0 Å². The molecule has 0 unspecified atom stereocenters. The number of H-pyrrole nitrogens is 1. The Bertz CT molecular complexity index is 347. The summed E-state index contributed by atoms with van der Waals surface area (Å²) in [5.74, 6) is -0.155. The van der Waals surface area contributed by atoms with Gasteiger partial charge in [0.2, 0.25) is 5.91 Å². The fraction of sp³-hybridized carbons (Fsp3) is 0.615. The highest BCUT2D eigenvalue weighted by molar-refractivity contribution is 5.88. The van der Waals surface area contributed by atoms with E-state index in [4.69, 9.17) is 0 Å². The van der Waals surface area contributed by atoms with E-state index in [-0.39, 0.29) is 11.7 Å². The van der Waals surface area contributed by atoms with Gasteiger partial charge in [-0.1, -0.05) is 20.3 Å². The first kappa shape index (κ1) is 16.4. The van der Waals surface area contributed by atoms with E-state index in [1.165, 1.54) is 13.3 Å². The average molecular weight is 253 g/mol. The Morgan fingerprint density at radius 3 is 2.50 bits per heavy atom. The van der Waals surface area contributed by atoms with Crippen LogP contribution in [0.5, 0.6) is 0 Å². The standard InChI is InChI=1S/C10H15N3O2.C3H8/c1-7(13-8(2)14)10(15)4-3-9-5-11-6-12-9;1-3-2/h5-7H,3-4H2,1-2H3,(H,11,12)(H,13,14);3H2,1-2H3/t7-;/m0./s1. The van der Waals surface area contributed by atoms with Gasteiger partial charge in [0.05, 0.1) is 12.4 Å². The smallest absolute Gasteiger partial charge is 0.217 e. The number of ketones is 1. The largest absolute Gasteiger partial charge is 0.348 e. The Kier molecular flexibility index (Phi) is 8.53. The molecular weight excluding hydrogens is 230 g/mol. The zero-order valence-electron chi connectivity index (χ0n) is 11.6. The Hall–Kier alpha value is -1.65. The number of Topliss-reactive ketones (excluding diaryl/α,β-unsaturated/α-hetero) is 1. The number of aryl methyl sites for hydroxylation is 1. The molecule has 0 saturated carbocycles. The second-order valence-corrected chi connectivity index (χ2v) is 4.17. The number of hydrogen-bond acceptors (Lipinski definition) is 3. The minimum absolute atomic E-state index is 0.0276. The summed E-state index contributed by atoms with van der Waals surface area (Å²) < 4.78 is 0. The molecule has 0 saturated heterocycles. The lowest BCUT2D eigenvalue weighted by Crippen LogP contribution is -2.37. The van der Waals surface area contributed by atoms with E-state index in [1.54, 1.807) is 19.4 Å². The fourth-order valence-electron chi connectivity index (χ4n) is 1.28. The number of nitrogens with zero attached hydrogens (tertiary/aromatic N) is 1. The van der Waals surface area contributed by atoms with E-state index < -0.39 is 6.04 Å². The molecule has 1 amide bonds. The van der Waals surface area contributed by atoms with Gasteiger partial charge in [0, 0.05) is 25.2 Å². The Labute approximate surface area is 108 Å². The zero-order valence-corrected chi connectivity index (χ0v) is 11.6. The lowest BCUT2D eigenvalue weighted by atomic mass is 10.1. The molecule has 2 N–H and O–H groups in total. The number of amides is 1. The van der Waals surface area contributed by atoms with Gasteiger partial charge in [-0.3, -0.25) is 9.59 Å². The van der Waals surface area contributed by atoms with Crippen molar-refractivity contribution in [1.29, 1.82) is 0 Å². The van der Waals surface area contributed by atoms with Gasteiger partial charge in [0.1, 0.15) is 0 Å². The third-order valence-corrected chi connectivity index (χ3v) is 2.10. The summed E-state index contributed by atoms with van der Waals surface area (Å²) in [6.07, 6.45) is 5.56. The average Bonchev–Trinajstić information content (AvgIpc) is 2.78. The van der Waals surface area contributed by atoms with Crippen LogP contribution in [-0.2, 0) is 16.0 Å². The van der Waals surface area contributed by atoms with Crippen LogP contribution in [-0.4, -0.2) is 27.7 Å². The molecule has 102 valence electrons. The summed E-state index contributed by atoms with van der Waals surface area (Å²) in [5.41, 5.74) is 0.929. The number of imidazole rings is 1. The quantitative estimate of drug-likeness (QED) is 0.841. The van der Waals surface area contributed by atoms with E-state index in [0.717, 1.165) is 5.69 Å². The van der Waals surface area contributed by atoms with Gasteiger partial charge in [-0.2, -0.15) is 0 Å². The van der Waals surface area contributed by atoms with E-state index in [2.05, 4.69) is 29.1 Å². The van der Waals surface area contributed by atoms with Crippen LogP contribution >= 0.6 is 0 Å². The summed E-state index contributed by atoms with van der Waals surface area (Å²) >= 11 is 0. The summed E-state index contributed by atoms with van der Waals surface area (Å²) in [5, 5.41) is 2.56. The van der Waals surface area contributed by atoms with E-state index >= 15 is 0 Å². The van der Waals surface area contributed by atoms with Crippen LogP contribution in [0.4, 0.5) is 0 Å². The highest BCUT2D eigenvalue weighted by atomic mass is 16.2. The number of rotatable bonds is 5. The molecular formula is C13H23N3O2. The predicted octanol–water partition coefficient (Wildman–Crippen LogP) is 1.85. The van der Waals surface area contributed by atoms with E-state index in [0.29, 0.717) is 12.8 Å². The highest BCUT2D eigenvalue weighted by Crippen LogP contribution is 2.00. The van der Waals surface area contributed by atoms with Crippen molar-refractivity contribution >= 4 is 11.7 Å². The first-order valence-electron chi connectivity index (χ1n) is 6.28. The molecule has 1 aromatic rings. The van der Waals surface area contributed by atoms with Crippen LogP contribution in [0.3, 0.4) is 0 Å². The van der Waals surface area contributed by atoms with Crippen LogP contribution in [0.15, 0.2) is 12.5 Å². The predicted molar refractivity (Wildman–Crippen MR) is 71.2 cm³/mol. The van der Waals surface area contributed by atoms with Crippen molar-refractivity contribution in [2.45, 2.75) is 53.0 Å². The first-order chi connectivity index (χ1) is 8.51. The molecule has 0 aliphatic rings. The van der Waals surface area contributed by atoms with Crippen LogP contribution in [0, 0.1) is 0 Å². The molecule has 5 heteroatoms. The number of carbonyl (C=O) groups is 2. The number of aromatic amines is 1. The SMILES string of the molecule is CC(=O)N[C@@H](C)C(=O)CCc1cnc[nH]1.CCC. The molecule has 0 fully saturated rings. The summed E-state index contributed by atoms with van der Waals surface area (Å²) in [6, 6.07) is -0.412. The van der Waals surface area contributed by atoms with Crippen LogP contribution in [0.2, 0.25) is 0 Å². The topological polar surface area (TPSA) is 74.8 Å². The number of nitrogens with one attached hydrogen (secondary N) is 2. The number of hydrogen-bond donors (Lipinski definition) is 2. The summed E-state index contributed by atoms with van der Waals surface area (Å²) in [7, 11) is 0. The first-order valence-corrected chi connectivity index (χ1v) is 6.28. The van der Waals surface area contributed by atoms with Crippen molar-refractivity contribution in [1.82, 2.24) is 15.3 Å². The molecule has 1 atom stereocenters. The van der Waals surface area contributed by atoms with Gasteiger partial charge < -0.3 is 10.3 Å². The van der Waals surface area contributed by atoms with Crippen LogP contribution < -0.4 is 5.32 Å². The molecule has 0 radical (unpaired) electrons. The highest BCUT2D eigenvalue weighted by Gasteiger charge is 2.13. The van der Waals surface area contributed by atoms with E-state index in [9.17, 15) is 9.59 Å². The van der Waals surface area contributed by atoms with Gasteiger partial charge in [0.25, 0.3) is 0 Å². The third kappa shape index (κ3) is 7.60. The molecule has 0 aliphatic heterocycles. The molecule has 1 rings (SSSR count). The second-order valence-electron chi connectivity index (χ2n) is 4.17. The van der Waals surface area contributed by atoms with Crippen molar-refractivity contribution in [2.75, 3.05) is 0 Å². The Morgan fingerprint density at radius 1 is 1.44 bits per heavy atom. The van der Waals surface area contributed by atoms with Crippen LogP contribution in [0.1, 0.15) is 46.2 Å². The maximum Gasteiger partial charge on any atom is 0.217 e. The maximum atomic E-state index is 11.5. The summed E-state index contributed by atoms with van der Waals surface area (Å²) in [6.45, 7) is 7.34. The molecule has 5 nitrogen and oxygen atoms in total. The Balaban J connectivity index is 0.000000873. The monoisotopic (exact) mass is 253 g/mol. The minimum atomic E-state index is -0.412. The minimum Gasteiger partial charge on any atom is -0.348 e. The van der Waals surface area contributed by atoms with Crippen molar-refractivity contribution < 1.29 is 9.59 Å². The van der Waals surface area contributed by atoms with Crippen LogP contribution in [0.25, 0.3) is 0 Å². The fourth-order valence-corrected chi connectivity index (χ4v) is 1.28. The lowest BCUT2D eigenvalue weighted by molar-refractivity contribution is -0.126. The van der Waals surface area contributed by atoms with Gasteiger partial charge in [0.15, 0.2) is 5.78 Å². The van der Waals surface area contributed by atoms with Crippen molar-refractivity contribution in [2.24, 2.45) is 0 Å². The molecule has 0 aliphatic carbocycles. The number of aromatic nitrogens is 2. The van der Waals surface area contributed by atoms with Crippen molar-refractivity contribution in [3.8, 4) is 0 Å². The van der Waals surface area contributed by atoms with Crippen molar-refractivity contribution in [3.63, 3.8) is 0 Å². The molecule has 1 aromatic heterocycles. The molecule has 0 bridgehead atoms. The normalized spacial score (nSPS) is 11.1. The maximum absolute atomic E-state index is 11.5. The lowest BCUT2D eigenvalue weighted by Gasteiger charge is -2.10. The number of carbonyl (C=O) groups excluding carboxylic acids is 2. The Morgan fingerprint density at radius 2 is 2.06 bits per heavy atom. The third-order valence-electron chi connectivity index (χ3n) is 2.10. The second kappa shape index (κ2) is 9.39. The van der Waals surface area contributed by atoms with Gasteiger partial charge >= 0.3 is 0 Å². The van der Waals surface area contributed by atoms with Gasteiger partial charge in [-0.25, -0.2) is 4.98 Å². The molecule has 0 aromatic carbocycles. The molecule has 18 heavy (non-hydrogen) atoms. The molecule has 0 spiro atoms.